The van der Waals surface area contributed by atoms with Gasteiger partial charge in [-0.05, 0) is 208 Å². The molecule has 0 fully saturated rings. The molecule has 0 saturated heterocycles. The molecule has 1 unspecified atom stereocenters. The van der Waals surface area contributed by atoms with Crippen LogP contribution in [0.25, 0.3) is 0 Å². The zero-order valence-corrected chi connectivity index (χ0v) is 67.9. The van der Waals surface area contributed by atoms with E-state index in [9.17, 15) is 28.8 Å². The number of carbonyl (C=O) groups excluding carboxylic acids is 6. The van der Waals surface area contributed by atoms with E-state index in [2.05, 4.69) is 158 Å². The Morgan fingerprint density at radius 1 is 0.448 bits per heavy atom. The van der Waals surface area contributed by atoms with E-state index in [1.807, 2.05) is 63.3 Å². The largest absolute Gasteiger partial charge is 0.382 e. The van der Waals surface area contributed by atoms with Gasteiger partial charge >= 0.3 is 0 Å². The summed E-state index contributed by atoms with van der Waals surface area (Å²) >= 11 is 0. The molecule has 586 valence electrons. The predicted octanol–water partition coefficient (Wildman–Crippen LogP) is 17.4. The summed E-state index contributed by atoms with van der Waals surface area (Å²) in [6.45, 7) is 38.0. The van der Waals surface area contributed by atoms with Crippen molar-refractivity contribution in [3.63, 3.8) is 0 Å². The average molecular weight is 1460 g/mol. The lowest BCUT2D eigenvalue weighted by Gasteiger charge is -2.33. The molecule has 16 heteroatoms. The number of hydrogen-bond acceptors (Lipinski definition) is 11. The average Bonchev–Trinajstić information content (AvgIpc) is 0.840. The molecule has 0 aromatic carbocycles. The second kappa shape index (κ2) is 52.2. The Bertz CT molecular complexity index is 3190. The molecule has 0 heterocycles. The van der Waals surface area contributed by atoms with Gasteiger partial charge in [-0.25, -0.2) is 0 Å². The van der Waals surface area contributed by atoms with E-state index in [1.54, 1.807) is 13.2 Å². The van der Waals surface area contributed by atoms with Crippen molar-refractivity contribution in [3.8, 4) is 0 Å². The maximum atomic E-state index is 14.7. The molecule has 0 spiro atoms. The molecule has 5 amide bonds. The van der Waals surface area contributed by atoms with Gasteiger partial charge in [0, 0.05) is 83.8 Å². The normalized spacial score (nSPS) is 18.0. The zero-order chi connectivity index (χ0) is 77.5. The quantitative estimate of drug-likeness (QED) is 0.0220. The molecule has 105 heavy (non-hydrogen) atoms. The van der Waals surface area contributed by atoms with Crippen molar-refractivity contribution in [2.45, 2.75) is 238 Å². The molecule has 0 aromatic heterocycles. The minimum atomic E-state index is -0.892. The lowest BCUT2D eigenvalue weighted by Crippen LogP contribution is -2.42. The minimum Gasteiger partial charge on any atom is -0.382 e. The lowest BCUT2D eigenvalue weighted by atomic mass is 9.72. The van der Waals surface area contributed by atoms with Crippen molar-refractivity contribution in [1.82, 2.24) is 26.6 Å². The summed E-state index contributed by atoms with van der Waals surface area (Å²) in [4.78, 5) is 81.0. The van der Waals surface area contributed by atoms with Crippen LogP contribution in [-0.2, 0) is 52.5 Å². The predicted molar refractivity (Wildman–Crippen MR) is 432 cm³/mol. The van der Waals surface area contributed by atoms with Crippen LogP contribution in [-0.4, -0.2) is 134 Å². The minimum absolute atomic E-state index is 0.0168. The number of ether oxygens (including phenoxy) is 5. The Balaban J connectivity index is 1.69. The fourth-order valence-electron chi connectivity index (χ4n) is 13.6. The molecule has 0 saturated carbocycles. The summed E-state index contributed by atoms with van der Waals surface area (Å²) < 4.78 is 27.4. The number of nitrogens with one attached hydrogen (secondary N) is 5. The van der Waals surface area contributed by atoms with Crippen molar-refractivity contribution in [3.05, 3.63) is 165 Å². The Kier molecular flexibility index (Phi) is 46.0. The van der Waals surface area contributed by atoms with Gasteiger partial charge in [0.15, 0.2) is 5.78 Å². The van der Waals surface area contributed by atoms with Crippen LogP contribution in [0, 0.1) is 28.1 Å². The smallest absolute Gasteiger partial charge is 0.244 e. The molecule has 0 radical (unpaired) electrons. The van der Waals surface area contributed by atoms with E-state index in [-0.39, 0.29) is 58.0 Å². The van der Waals surface area contributed by atoms with Gasteiger partial charge in [0.25, 0.3) is 0 Å². The topological polar surface area (TPSA) is 209 Å². The summed E-state index contributed by atoms with van der Waals surface area (Å²) in [5.41, 5.74) is 13.9. The first-order valence-corrected chi connectivity index (χ1v) is 39.3. The number of unbranched alkanes of at least 4 members (excludes halogenated alkanes) is 2. The standard InChI is InChI=1S/C89H139N5O11/c1-67(40-43-77-73(7)35-24-47-87(77,10)11)29-21-32-70(4)63-83(97)91-50-19-17-38-76(86(100)93-53-28-55-103-60-62-105-61-59-102-54-27-52-90-82(96)46-56-104-58-57-101-16)66-81(95)80(94-85(99)65-72(6)34-23-31-69(3)42-45-79-75(9)37-26-49-89(79,14)15)39-18-20-51-92-84(98)64-71(5)33-22-30-68(2)41-44-78-74(8)36-25-48-88(78,12)13/h21-23,29-34,40-45,63,65,71,76,80H,17-20,24-28,35-39,46-62,64,66H2,1-16H3,(H,90,96)(H,91,97)(H,92,98)(H,93,100)(H,94,99)/b32-21+,33-22+,34-23+,43-40+,44-41+,45-42+,67-29+,68-30+,69-31+,70-63+,72-65+/t71?,76-,80+/m0/s1. The highest BCUT2D eigenvalue weighted by Crippen LogP contribution is 2.43. The first-order valence-electron chi connectivity index (χ1n) is 39.3. The monoisotopic (exact) mass is 1450 g/mol. The second-order valence-electron chi connectivity index (χ2n) is 31.2. The molecular formula is C89H139N5O11. The van der Waals surface area contributed by atoms with Gasteiger partial charge in [-0.3, -0.25) is 28.8 Å². The van der Waals surface area contributed by atoms with Crippen molar-refractivity contribution >= 4 is 35.3 Å². The summed E-state index contributed by atoms with van der Waals surface area (Å²) in [5, 5.41) is 15.0. The van der Waals surface area contributed by atoms with Gasteiger partial charge in [0.1, 0.15) is 0 Å². The highest BCUT2D eigenvalue weighted by Gasteiger charge is 2.30. The molecule has 16 nitrogen and oxygen atoms in total. The fourth-order valence-corrected chi connectivity index (χ4v) is 13.6. The fraction of sp³-hybridized carbons (Fsp3) is 0.618. The second-order valence-corrected chi connectivity index (χ2v) is 31.2. The van der Waals surface area contributed by atoms with Crippen molar-refractivity contribution in [1.29, 1.82) is 0 Å². The number of Topliss-reactive ketones (excluding diaryl/α,β-unsaturated/α-hetero) is 1. The summed E-state index contributed by atoms with van der Waals surface area (Å²) in [6, 6.07) is -0.892. The van der Waals surface area contributed by atoms with E-state index in [1.165, 1.54) is 71.6 Å². The number of carbonyl (C=O) groups is 6. The van der Waals surface area contributed by atoms with Crippen LogP contribution in [0.5, 0.6) is 0 Å². The maximum absolute atomic E-state index is 14.7. The van der Waals surface area contributed by atoms with Crippen molar-refractivity contribution in [2.75, 3.05) is 92.8 Å². The third-order valence-electron chi connectivity index (χ3n) is 19.9. The third kappa shape index (κ3) is 41.2. The Morgan fingerprint density at radius 3 is 1.36 bits per heavy atom. The Hall–Kier alpha value is -6.82. The number of hydrogen-bond donors (Lipinski definition) is 5. The van der Waals surface area contributed by atoms with Crippen LogP contribution in [0.1, 0.15) is 232 Å². The SMILES string of the molecule is COCCOCCC(=O)NCCCOCCOCCOCCCNC(=O)[C@@H](CCCCNC(=O)/C=C(C)/C=C/C=C(C)/C=C/C1=C(C)CCCC1(C)C)CC(=O)[C@@H](CCCCNC(=O)CC(C)/C=C/C=C(C)/C=C/C1=C(C)CCCC1(C)C)NC(=O)/C=C(C)/C=C/C=C(C)/C=C/C1=C(C)CCCC1(C)C. The van der Waals surface area contributed by atoms with Crippen LogP contribution >= 0.6 is 0 Å². The van der Waals surface area contributed by atoms with E-state index in [0.29, 0.717) is 155 Å². The van der Waals surface area contributed by atoms with Gasteiger partial charge in [0.05, 0.1) is 52.3 Å². The van der Waals surface area contributed by atoms with E-state index >= 15 is 0 Å². The molecule has 3 aliphatic rings. The number of allylic oxidation sites excluding steroid dienone is 26. The molecule has 5 N–H and O–H groups in total. The summed E-state index contributed by atoms with van der Waals surface area (Å²) in [6.07, 6.45) is 49.5. The van der Waals surface area contributed by atoms with Gasteiger partial charge in [-0.1, -0.05) is 179 Å². The van der Waals surface area contributed by atoms with Crippen molar-refractivity contribution in [2.24, 2.45) is 28.1 Å². The molecule has 0 bridgehead atoms. The number of ketones is 1. The van der Waals surface area contributed by atoms with E-state index in [4.69, 9.17) is 23.7 Å². The third-order valence-corrected chi connectivity index (χ3v) is 19.9. The van der Waals surface area contributed by atoms with Crippen LogP contribution in [0.15, 0.2) is 165 Å². The summed E-state index contributed by atoms with van der Waals surface area (Å²) in [7, 11) is 1.60. The number of amides is 5. The molecule has 3 aliphatic carbocycles. The zero-order valence-electron chi connectivity index (χ0n) is 67.9. The molecule has 0 aromatic rings. The summed E-state index contributed by atoms with van der Waals surface area (Å²) in [5.74, 6) is -1.96. The van der Waals surface area contributed by atoms with E-state index < -0.39 is 17.9 Å². The van der Waals surface area contributed by atoms with Crippen LogP contribution in [0.4, 0.5) is 0 Å². The van der Waals surface area contributed by atoms with Gasteiger partial charge in [0.2, 0.25) is 29.5 Å². The van der Waals surface area contributed by atoms with Crippen LogP contribution < -0.4 is 26.6 Å². The molecule has 0 aliphatic heterocycles. The van der Waals surface area contributed by atoms with Crippen molar-refractivity contribution < 1.29 is 52.5 Å². The van der Waals surface area contributed by atoms with Gasteiger partial charge in [-0.2, -0.15) is 0 Å². The van der Waals surface area contributed by atoms with Gasteiger partial charge in [-0.15, -0.1) is 0 Å². The Labute approximate surface area is 634 Å². The molecular weight excluding hydrogens is 1320 g/mol. The highest BCUT2D eigenvalue weighted by atomic mass is 16.5. The maximum Gasteiger partial charge on any atom is 0.244 e. The first-order chi connectivity index (χ1) is 50.0. The van der Waals surface area contributed by atoms with Crippen LogP contribution in [0.2, 0.25) is 0 Å². The van der Waals surface area contributed by atoms with Gasteiger partial charge < -0.3 is 50.3 Å². The van der Waals surface area contributed by atoms with E-state index in [0.717, 1.165) is 48.0 Å². The highest BCUT2D eigenvalue weighted by molar-refractivity contribution is 5.96. The molecule has 3 rings (SSSR count). The first kappa shape index (κ1) is 92.4. The Morgan fingerprint density at radius 2 is 0.867 bits per heavy atom. The number of methoxy groups -OCH3 is 1. The molecule has 3 atom stereocenters. The van der Waals surface area contributed by atoms with Crippen LogP contribution in [0.3, 0.4) is 0 Å². The number of rotatable bonds is 51. The lowest BCUT2D eigenvalue weighted by molar-refractivity contribution is -0.131.